The first-order valence-electron chi connectivity index (χ1n) is 5.85. The molecule has 21 heavy (non-hydrogen) atoms. The number of rotatable bonds is 2. The number of hydrogen-bond acceptors (Lipinski definition) is 4. The van der Waals surface area contributed by atoms with E-state index in [4.69, 9.17) is 5.73 Å². The van der Waals surface area contributed by atoms with Gasteiger partial charge in [0.2, 0.25) is 0 Å². The van der Waals surface area contributed by atoms with Crippen molar-refractivity contribution >= 4 is 49.0 Å². The first-order valence-corrected chi connectivity index (χ1v) is 7.44. The van der Waals surface area contributed by atoms with E-state index < -0.39 is 4.92 Å². The van der Waals surface area contributed by atoms with Gasteiger partial charge in [0.15, 0.2) is 5.65 Å². The van der Waals surface area contributed by atoms with E-state index in [-0.39, 0.29) is 5.69 Å². The molecule has 0 aliphatic heterocycles. The molecule has 3 aromatic rings. The van der Waals surface area contributed by atoms with Gasteiger partial charge in [-0.05, 0) is 40.2 Å². The standard InChI is InChI=1S/C13H8Br2N4O2/c14-7-3-4-8(10(6-7)19(20)21)11-12(16)18-5-1-2-9(15)13(18)17-11/h1-6H,16H2. The second-order valence-electron chi connectivity index (χ2n) is 4.31. The lowest BCUT2D eigenvalue weighted by molar-refractivity contribution is -0.384. The number of halogens is 2. The fourth-order valence-electron chi connectivity index (χ4n) is 2.11. The zero-order valence-electron chi connectivity index (χ0n) is 10.5. The molecule has 3 rings (SSSR count). The molecule has 0 spiro atoms. The Morgan fingerprint density at radius 2 is 2.05 bits per heavy atom. The van der Waals surface area contributed by atoms with Crippen LogP contribution in [0.4, 0.5) is 11.5 Å². The summed E-state index contributed by atoms with van der Waals surface area (Å²) >= 11 is 6.63. The summed E-state index contributed by atoms with van der Waals surface area (Å²) in [7, 11) is 0. The van der Waals surface area contributed by atoms with E-state index in [1.807, 2.05) is 12.1 Å². The van der Waals surface area contributed by atoms with E-state index in [2.05, 4.69) is 36.8 Å². The molecule has 0 fully saturated rings. The summed E-state index contributed by atoms with van der Waals surface area (Å²) in [6.07, 6.45) is 1.76. The van der Waals surface area contributed by atoms with Crippen molar-refractivity contribution in [2.45, 2.75) is 0 Å². The average molecular weight is 412 g/mol. The number of anilines is 1. The third-order valence-electron chi connectivity index (χ3n) is 3.05. The Morgan fingerprint density at radius 1 is 1.29 bits per heavy atom. The molecule has 0 bridgehead atoms. The lowest BCUT2D eigenvalue weighted by atomic mass is 10.1. The van der Waals surface area contributed by atoms with Crippen LogP contribution >= 0.6 is 31.9 Å². The van der Waals surface area contributed by atoms with E-state index in [0.29, 0.717) is 27.2 Å². The molecule has 2 aromatic heterocycles. The van der Waals surface area contributed by atoms with E-state index in [9.17, 15) is 10.1 Å². The summed E-state index contributed by atoms with van der Waals surface area (Å²) in [6, 6.07) is 8.44. The van der Waals surface area contributed by atoms with Crippen LogP contribution in [0, 0.1) is 10.1 Å². The number of benzene rings is 1. The molecule has 0 unspecified atom stereocenters. The maximum atomic E-state index is 11.2. The third kappa shape index (κ3) is 2.30. The molecule has 0 radical (unpaired) electrons. The summed E-state index contributed by atoms with van der Waals surface area (Å²) in [6.45, 7) is 0. The zero-order valence-corrected chi connectivity index (χ0v) is 13.6. The summed E-state index contributed by atoms with van der Waals surface area (Å²) < 4.78 is 3.08. The number of hydrogen-bond donors (Lipinski definition) is 1. The third-order valence-corrected chi connectivity index (χ3v) is 4.16. The minimum absolute atomic E-state index is 0.0457. The number of fused-ring (bicyclic) bond motifs is 1. The summed E-state index contributed by atoms with van der Waals surface area (Å²) in [5, 5.41) is 11.2. The minimum atomic E-state index is -0.446. The van der Waals surface area contributed by atoms with Gasteiger partial charge in [0.05, 0.1) is 15.0 Å². The number of nitrogens with two attached hydrogens (primary N) is 1. The first-order chi connectivity index (χ1) is 9.99. The van der Waals surface area contributed by atoms with Gasteiger partial charge in [-0.3, -0.25) is 14.5 Å². The first kappa shape index (κ1) is 14.0. The van der Waals surface area contributed by atoms with Crippen molar-refractivity contribution in [3.63, 3.8) is 0 Å². The van der Waals surface area contributed by atoms with Gasteiger partial charge in [-0.15, -0.1) is 0 Å². The Balaban J connectivity index is 2.33. The molecule has 1 aromatic carbocycles. The number of aromatic nitrogens is 2. The number of nitrogens with zero attached hydrogens (tertiary/aromatic N) is 3. The fraction of sp³-hybridized carbons (Fsp3) is 0. The van der Waals surface area contributed by atoms with Crippen molar-refractivity contribution in [3.8, 4) is 11.3 Å². The van der Waals surface area contributed by atoms with E-state index in [1.54, 1.807) is 22.7 Å². The number of nitro groups is 1. The lowest BCUT2D eigenvalue weighted by Gasteiger charge is -2.02. The number of imidazole rings is 1. The monoisotopic (exact) mass is 410 g/mol. The van der Waals surface area contributed by atoms with Crippen LogP contribution in [0.25, 0.3) is 16.9 Å². The number of nitrogen functional groups attached to an aromatic ring is 1. The van der Waals surface area contributed by atoms with Crippen molar-refractivity contribution in [2.24, 2.45) is 0 Å². The molecule has 2 N–H and O–H groups in total. The van der Waals surface area contributed by atoms with Gasteiger partial charge in [-0.1, -0.05) is 15.9 Å². The van der Waals surface area contributed by atoms with Gasteiger partial charge in [-0.2, -0.15) is 0 Å². The second-order valence-corrected chi connectivity index (χ2v) is 6.08. The Bertz CT molecular complexity index is 876. The van der Waals surface area contributed by atoms with Crippen LogP contribution in [0.1, 0.15) is 0 Å². The molecule has 8 heteroatoms. The minimum Gasteiger partial charge on any atom is -0.383 e. The van der Waals surface area contributed by atoms with Crippen molar-refractivity contribution in [1.29, 1.82) is 0 Å². The summed E-state index contributed by atoms with van der Waals surface area (Å²) in [5.74, 6) is 0.358. The summed E-state index contributed by atoms with van der Waals surface area (Å²) in [5.41, 5.74) is 7.44. The zero-order chi connectivity index (χ0) is 15.1. The Hall–Kier alpha value is -1.93. The van der Waals surface area contributed by atoms with Gasteiger partial charge >= 0.3 is 0 Å². The Morgan fingerprint density at radius 3 is 2.71 bits per heavy atom. The van der Waals surface area contributed by atoms with E-state index in [1.165, 1.54) is 6.07 Å². The van der Waals surface area contributed by atoms with E-state index >= 15 is 0 Å². The molecule has 0 atom stereocenters. The van der Waals surface area contributed by atoms with Gasteiger partial charge in [0.25, 0.3) is 5.69 Å². The van der Waals surface area contributed by atoms with Crippen molar-refractivity contribution in [1.82, 2.24) is 9.38 Å². The van der Waals surface area contributed by atoms with Gasteiger partial charge in [0, 0.05) is 16.7 Å². The smallest absolute Gasteiger partial charge is 0.280 e. The van der Waals surface area contributed by atoms with Crippen molar-refractivity contribution in [2.75, 3.05) is 5.73 Å². The quantitative estimate of drug-likeness (QED) is 0.509. The van der Waals surface area contributed by atoms with E-state index in [0.717, 1.165) is 4.47 Å². The molecular formula is C13H8Br2N4O2. The van der Waals surface area contributed by atoms with Crippen LogP contribution in [0.15, 0.2) is 45.5 Å². The molecule has 106 valence electrons. The fourth-order valence-corrected chi connectivity index (χ4v) is 2.89. The van der Waals surface area contributed by atoms with Gasteiger partial charge in [0.1, 0.15) is 11.5 Å². The summed E-state index contributed by atoms with van der Waals surface area (Å²) in [4.78, 5) is 15.2. The lowest BCUT2D eigenvalue weighted by Crippen LogP contribution is -1.96. The van der Waals surface area contributed by atoms with Crippen LogP contribution in [0.3, 0.4) is 0 Å². The highest BCUT2D eigenvalue weighted by Gasteiger charge is 2.22. The predicted octanol–water partition coefficient (Wildman–Crippen LogP) is 4.02. The van der Waals surface area contributed by atoms with Gasteiger partial charge < -0.3 is 5.73 Å². The average Bonchev–Trinajstić information content (AvgIpc) is 2.78. The van der Waals surface area contributed by atoms with Crippen LogP contribution < -0.4 is 5.73 Å². The molecule has 0 saturated heterocycles. The molecule has 0 aliphatic carbocycles. The molecule has 2 heterocycles. The number of nitro benzene ring substituents is 1. The van der Waals surface area contributed by atoms with Crippen molar-refractivity contribution < 1.29 is 4.92 Å². The topological polar surface area (TPSA) is 86.5 Å². The molecule has 0 amide bonds. The predicted molar refractivity (Wildman–Crippen MR) is 87.1 cm³/mol. The van der Waals surface area contributed by atoms with Gasteiger partial charge in [-0.25, -0.2) is 4.98 Å². The second kappa shape index (κ2) is 5.12. The maximum absolute atomic E-state index is 11.2. The van der Waals surface area contributed by atoms with Crippen LogP contribution in [0.5, 0.6) is 0 Å². The Kier molecular flexibility index (Phi) is 3.42. The normalized spacial score (nSPS) is 11.0. The molecule has 0 aliphatic rings. The highest BCUT2D eigenvalue weighted by atomic mass is 79.9. The van der Waals surface area contributed by atoms with Crippen LogP contribution in [-0.4, -0.2) is 14.3 Å². The Labute approximate surface area is 136 Å². The SMILES string of the molecule is Nc1c(-c2ccc(Br)cc2[N+](=O)[O-])nc2c(Br)cccn12. The van der Waals surface area contributed by atoms with Crippen LogP contribution in [0.2, 0.25) is 0 Å². The molecule has 6 nitrogen and oxygen atoms in total. The highest BCUT2D eigenvalue weighted by molar-refractivity contribution is 9.10. The van der Waals surface area contributed by atoms with Crippen LogP contribution in [-0.2, 0) is 0 Å². The number of pyridine rings is 1. The molecule has 0 saturated carbocycles. The highest BCUT2D eigenvalue weighted by Crippen LogP contribution is 2.36. The molecular weight excluding hydrogens is 404 g/mol. The van der Waals surface area contributed by atoms with Crippen molar-refractivity contribution in [3.05, 3.63) is 55.6 Å². The largest absolute Gasteiger partial charge is 0.383 e. The maximum Gasteiger partial charge on any atom is 0.280 e.